The number of aryl methyl sites for hydroxylation is 2. The summed E-state index contributed by atoms with van der Waals surface area (Å²) in [6, 6.07) is 5.05. The average Bonchev–Trinajstić information content (AvgIpc) is 3.17. The van der Waals surface area contributed by atoms with Crippen molar-refractivity contribution >= 4 is 0 Å². The highest BCUT2D eigenvalue weighted by Crippen LogP contribution is 2.35. The van der Waals surface area contributed by atoms with Crippen molar-refractivity contribution in [1.29, 1.82) is 0 Å². The Morgan fingerprint density at radius 2 is 1.19 bits per heavy atom. The second-order valence-corrected chi connectivity index (χ2v) is 14.5. The highest BCUT2D eigenvalue weighted by atomic mass is 14.3. The van der Waals surface area contributed by atoms with Crippen molar-refractivity contribution in [2.45, 2.75) is 255 Å². The summed E-state index contributed by atoms with van der Waals surface area (Å²) in [5.41, 5.74) is 9.47. The Kier molecular flexibility index (Phi) is 65.3. The summed E-state index contributed by atoms with van der Waals surface area (Å²) < 4.78 is 0. The molecule has 1 aromatic carbocycles. The molecular weight excluding hydrogens is 637 g/mol. The van der Waals surface area contributed by atoms with Gasteiger partial charge in [0, 0.05) is 0 Å². The third-order valence-electron chi connectivity index (χ3n) is 8.87. The van der Waals surface area contributed by atoms with E-state index >= 15 is 0 Å². The molecule has 1 rings (SSSR count). The lowest BCUT2D eigenvalue weighted by Gasteiger charge is -2.32. The summed E-state index contributed by atoms with van der Waals surface area (Å²) in [5.74, 6) is 1.55. The molecule has 0 spiro atoms. The van der Waals surface area contributed by atoms with Gasteiger partial charge in [-0.3, -0.25) is 0 Å². The van der Waals surface area contributed by atoms with Crippen molar-refractivity contribution in [3.8, 4) is 12.8 Å². The number of allylic oxidation sites excluding steroid dienone is 3. The van der Waals surface area contributed by atoms with Crippen molar-refractivity contribution in [1.82, 2.24) is 0 Å². The topological polar surface area (TPSA) is 0 Å². The van der Waals surface area contributed by atoms with E-state index in [2.05, 4.69) is 114 Å². The first-order chi connectivity index (χ1) is 25.4. The normalized spacial score (nSPS) is 10.5. The zero-order valence-electron chi connectivity index (χ0n) is 41.3. The Morgan fingerprint density at radius 3 is 1.60 bits per heavy atom. The molecule has 0 saturated heterocycles. The van der Waals surface area contributed by atoms with Gasteiger partial charge in [-0.05, 0) is 105 Å². The number of hydrogen-bond acceptors (Lipinski definition) is 0. The minimum Gasteiger partial charge on any atom is -0.124 e. The van der Waals surface area contributed by atoms with E-state index in [-0.39, 0.29) is 0 Å². The van der Waals surface area contributed by atoms with Gasteiger partial charge in [0.25, 0.3) is 0 Å². The van der Waals surface area contributed by atoms with Crippen LogP contribution in [0.2, 0.25) is 0 Å². The van der Waals surface area contributed by atoms with Crippen LogP contribution in [0.3, 0.4) is 0 Å². The zero-order valence-corrected chi connectivity index (χ0v) is 41.3. The maximum atomic E-state index is 4.55. The minimum atomic E-state index is 0.295. The smallest absolute Gasteiger partial charge is 0.00669 e. The van der Waals surface area contributed by atoms with Crippen LogP contribution in [-0.4, -0.2) is 0 Å². The lowest BCUT2D eigenvalue weighted by atomic mass is 9.73. The molecule has 0 radical (unpaired) electrons. The van der Waals surface area contributed by atoms with E-state index in [9.17, 15) is 0 Å². The Labute approximate surface area is 341 Å². The van der Waals surface area contributed by atoms with Gasteiger partial charge in [-0.15, -0.1) is 12.8 Å². The van der Waals surface area contributed by atoms with Gasteiger partial charge in [-0.1, -0.05) is 225 Å². The van der Waals surface area contributed by atoms with E-state index in [1.54, 1.807) is 11.1 Å². The molecule has 0 aliphatic carbocycles. The summed E-state index contributed by atoms with van der Waals surface area (Å²) in [6.45, 7) is 50.1. The lowest BCUT2D eigenvalue weighted by molar-refractivity contribution is 0.239. The van der Waals surface area contributed by atoms with Crippen molar-refractivity contribution in [3.05, 3.63) is 58.2 Å². The molecule has 0 heteroatoms. The third-order valence-corrected chi connectivity index (χ3v) is 8.87. The van der Waals surface area contributed by atoms with Gasteiger partial charge in [-0.25, -0.2) is 0 Å². The number of rotatable bonds is 20. The molecule has 0 bridgehead atoms. The van der Waals surface area contributed by atoms with Gasteiger partial charge in [0.15, 0.2) is 0 Å². The second-order valence-electron chi connectivity index (χ2n) is 14.5. The van der Waals surface area contributed by atoms with Crippen LogP contribution in [0, 0.1) is 37.0 Å². The fourth-order valence-corrected chi connectivity index (χ4v) is 5.71. The number of benzene rings is 1. The Hall–Kier alpha value is -1.74. The first kappa shape index (κ1) is 66.1. The predicted octanol–water partition coefficient (Wildman–Crippen LogP) is 19.4. The zero-order chi connectivity index (χ0) is 43.3. The van der Waals surface area contributed by atoms with Crippen LogP contribution in [0.25, 0.3) is 0 Å². The highest BCUT2D eigenvalue weighted by molar-refractivity contribution is 5.41. The van der Waals surface area contributed by atoms with Crippen LogP contribution in [0.5, 0.6) is 0 Å². The maximum Gasteiger partial charge on any atom is -0.00669 e. The van der Waals surface area contributed by atoms with Crippen molar-refractivity contribution in [3.63, 3.8) is 0 Å². The molecule has 0 nitrogen and oxygen atoms in total. The standard InChI is InChI=1S/C35H60.C6H14.5C2H6.C2H2/c1-10-13-15-16-17-19-20-29(5)24-32-26-31(21-18-14-11-2)25-30(6)34(32)27-33(35(7,8)9)23-22-28(4)12-3;1-4-5-6(2)3;6*1-2/h22,25-26,33H,5,10-21,23-24,27H2,1-4,6-9H3;6H,4-5H2,1-3H3;5*1-2H3;1-2H/b28-22-;;;;;;;. The molecule has 318 valence electrons. The Balaban J connectivity index is -0.000000199. The van der Waals surface area contributed by atoms with Gasteiger partial charge in [0.05, 0.1) is 0 Å². The monoisotopic (exact) mass is 743 g/mol. The molecule has 0 N–H and O–H groups in total. The third kappa shape index (κ3) is 44.5. The van der Waals surface area contributed by atoms with Crippen molar-refractivity contribution in [2.24, 2.45) is 17.3 Å². The molecular formula is C53H106. The van der Waals surface area contributed by atoms with Crippen LogP contribution in [0.1, 0.15) is 251 Å². The fraction of sp³-hybridized carbons (Fsp3) is 0.774. The average molecular weight is 743 g/mol. The van der Waals surface area contributed by atoms with Gasteiger partial charge in [0.1, 0.15) is 0 Å². The summed E-state index contributed by atoms with van der Waals surface area (Å²) in [6.07, 6.45) is 32.3. The summed E-state index contributed by atoms with van der Waals surface area (Å²) >= 11 is 0. The predicted molar refractivity (Wildman–Crippen MR) is 257 cm³/mol. The van der Waals surface area contributed by atoms with Gasteiger partial charge >= 0.3 is 0 Å². The molecule has 0 amide bonds. The molecule has 0 aliphatic heterocycles. The molecule has 0 saturated carbocycles. The summed E-state index contributed by atoms with van der Waals surface area (Å²) in [5, 5.41) is 0. The van der Waals surface area contributed by atoms with E-state index in [1.807, 2.05) is 69.2 Å². The van der Waals surface area contributed by atoms with Crippen LogP contribution >= 0.6 is 0 Å². The summed E-state index contributed by atoms with van der Waals surface area (Å²) in [4.78, 5) is 0. The molecule has 0 fully saturated rings. The van der Waals surface area contributed by atoms with Crippen LogP contribution < -0.4 is 0 Å². The second kappa shape index (κ2) is 52.4. The van der Waals surface area contributed by atoms with Crippen LogP contribution in [0.15, 0.2) is 35.9 Å². The van der Waals surface area contributed by atoms with Crippen molar-refractivity contribution < 1.29 is 0 Å². The molecule has 1 aromatic rings. The molecule has 1 atom stereocenters. The number of unbranched alkanes of at least 4 members (excludes halogenated alkanes) is 7. The van der Waals surface area contributed by atoms with Crippen LogP contribution in [-0.2, 0) is 19.3 Å². The maximum absolute atomic E-state index is 4.55. The highest BCUT2D eigenvalue weighted by Gasteiger charge is 2.26. The van der Waals surface area contributed by atoms with E-state index in [4.69, 9.17) is 0 Å². The van der Waals surface area contributed by atoms with E-state index in [0.717, 1.165) is 18.8 Å². The van der Waals surface area contributed by atoms with Crippen molar-refractivity contribution in [2.75, 3.05) is 0 Å². The molecule has 0 heterocycles. The Bertz CT molecular complexity index is 869. The number of terminal acetylenes is 1. The first-order valence-corrected chi connectivity index (χ1v) is 23.2. The Morgan fingerprint density at radius 1 is 0.717 bits per heavy atom. The molecule has 0 aliphatic rings. The van der Waals surface area contributed by atoms with Gasteiger partial charge < -0.3 is 0 Å². The molecule has 0 aromatic heterocycles. The quantitative estimate of drug-likeness (QED) is 0.0709. The van der Waals surface area contributed by atoms with E-state index < -0.39 is 0 Å². The van der Waals surface area contributed by atoms with E-state index in [0.29, 0.717) is 11.3 Å². The van der Waals surface area contributed by atoms with Crippen LogP contribution in [0.4, 0.5) is 0 Å². The largest absolute Gasteiger partial charge is 0.124 e. The van der Waals surface area contributed by atoms with E-state index in [1.165, 1.54) is 119 Å². The molecule has 1 unspecified atom stereocenters. The summed E-state index contributed by atoms with van der Waals surface area (Å²) in [7, 11) is 0. The molecule has 53 heavy (non-hydrogen) atoms. The lowest BCUT2D eigenvalue weighted by Crippen LogP contribution is -2.23. The SMILES string of the molecule is C#C.C=C(CCCCCCCC)Cc1cc(CCCCC)cc(C)c1CC(C/C=C(/C)CC)C(C)(C)C.CC.CC.CC.CC.CC.CCCC(C)C. The first-order valence-electron chi connectivity index (χ1n) is 23.2. The number of hydrogen-bond donors (Lipinski definition) is 0. The van der Waals surface area contributed by atoms with Gasteiger partial charge in [0.2, 0.25) is 0 Å². The minimum absolute atomic E-state index is 0.295. The van der Waals surface area contributed by atoms with Gasteiger partial charge in [-0.2, -0.15) is 0 Å². The fourth-order valence-electron chi connectivity index (χ4n) is 5.71.